The predicted octanol–water partition coefficient (Wildman–Crippen LogP) is -1.13. The highest BCUT2D eigenvalue weighted by atomic mass is 16.6. The zero-order valence-corrected chi connectivity index (χ0v) is 11.3. The summed E-state index contributed by atoms with van der Waals surface area (Å²) in [6.45, 7) is 3.83. The Bertz CT molecular complexity index is 518. The second-order valence-electron chi connectivity index (χ2n) is 4.97. The van der Waals surface area contributed by atoms with Crippen LogP contribution in [0.3, 0.4) is 0 Å². The number of nitrogens with two attached hydrogens (primary N) is 1. The summed E-state index contributed by atoms with van der Waals surface area (Å²) in [4.78, 5) is 15.3. The predicted molar refractivity (Wildman–Crippen MR) is 69.9 cm³/mol. The maximum Gasteiger partial charge on any atom is 0.351 e. The van der Waals surface area contributed by atoms with Crippen molar-refractivity contribution in [3.05, 3.63) is 22.7 Å². The Hall–Kier alpha value is -1.48. The molecule has 1 aromatic heterocycles. The van der Waals surface area contributed by atoms with E-state index in [0.29, 0.717) is 0 Å². The van der Waals surface area contributed by atoms with Gasteiger partial charge in [-0.15, -0.1) is 0 Å². The Morgan fingerprint density at radius 3 is 2.80 bits per heavy atom. The number of aliphatic hydroxyl groups excluding tert-OH is 2. The minimum atomic E-state index is -1.24. The second kappa shape index (κ2) is 5.88. The molecule has 1 aliphatic heterocycles. The maximum absolute atomic E-state index is 11.7. The molecule has 4 N–H and O–H groups in total. The molecule has 1 saturated heterocycles. The van der Waals surface area contributed by atoms with Crippen LogP contribution in [0, 0.1) is 0 Å². The van der Waals surface area contributed by atoms with E-state index in [1.165, 1.54) is 12.3 Å². The molecule has 0 spiro atoms. The van der Waals surface area contributed by atoms with Crippen molar-refractivity contribution < 1.29 is 19.7 Å². The van der Waals surface area contributed by atoms with E-state index >= 15 is 0 Å². The summed E-state index contributed by atoms with van der Waals surface area (Å²) in [5, 5.41) is 19.9. The van der Waals surface area contributed by atoms with Crippen molar-refractivity contribution in [2.75, 3.05) is 12.3 Å². The number of aromatic nitrogens is 2. The van der Waals surface area contributed by atoms with Crippen LogP contribution in [0.5, 0.6) is 0 Å². The first-order valence-corrected chi connectivity index (χ1v) is 6.38. The van der Waals surface area contributed by atoms with Crippen LogP contribution in [0.4, 0.5) is 5.82 Å². The third-order valence-electron chi connectivity index (χ3n) is 3.06. The number of hydrogen-bond acceptors (Lipinski definition) is 7. The standard InChI is InChI=1S/C12H19N3O5/c1-6(2)19-5-7-9(16)10(17)11(20-7)15-4-3-8(13)14-12(15)18/h3-4,6-7,9-11,16-17H,5H2,1-2H3,(H2,13,14,18)/t7-,9-,10-,11-/m1/s1. The Morgan fingerprint density at radius 2 is 2.20 bits per heavy atom. The van der Waals surface area contributed by atoms with Gasteiger partial charge < -0.3 is 25.4 Å². The number of anilines is 1. The van der Waals surface area contributed by atoms with Gasteiger partial charge in [0.05, 0.1) is 12.7 Å². The van der Waals surface area contributed by atoms with Gasteiger partial charge in [-0.3, -0.25) is 4.57 Å². The van der Waals surface area contributed by atoms with Gasteiger partial charge in [-0.05, 0) is 19.9 Å². The van der Waals surface area contributed by atoms with Gasteiger partial charge in [0.2, 0.25) is 0 Å². The molecule has 1 aromatic rings. The van der Waals surface area contributed by atoms with Crippen LogP contribution in [0.2, 0.25) is 0 Å². The van der Waals surface area contributed by atoms with E-state index in [2.05, 4.69) is 4.98 Å². The lowest BCUT2D eigenvalue weighted by atomic mass is 10.1. The molecule has 2 heterocycles. The minimum Gasteiger partial charge on any atom is -0.387 e. The molecule has 2 rings (SSSR count). The first-order chi connectivity index (χ1) is 9.40. The number of hydrogen-bond donors (Lipinski definition) is 3. The Morgan fingerprint density at radius 1 is 1.50 bits per heavy atom. The lowest BCUT2D eigenvalue weighted by Crippen LogP contribution is -2.36. The summed E-state index contributed by atoms with van der Waals surface area (Å²) >= 11 is 0. The topological polar surface area (TPSA) is 120 Å². The lowest BCUT2D eigenvalue weighted by molar-refractivity contribution is -0.0778. The molecule has 0 radical (unpaired) electrons. The van der Waals surface area contributed by atoms with E-state index in [-0.39, 0.29) is 18.5 Å². The first-order valence-electron chi connectivity index (χ1n) is 6.38. The van der Waals surface area contributed by atoms with Crippen molar-refractivity contribution >= 4 is 5.82 Å². The molecule has 112 valence electrons. The molecule has 8 nitrogen and oxygen atoms in total. The highest BCUT2D eigenvalue weighted by Crippen LogP contribution is 2.28. The van der Waals surface area contributed by atoms with E-state index in [1.807, 2.05) is 13.8 Å². The molecule has 8 heteroatoms. The summed E-state index contributed by atoms with van der Waals surface area (Å²) in [6.07, 6.45) is -2.74. The average Bonchev–Trinajstić information content (AvgIpc) is 2.64. The van der Waals surface area contributed by atoms with Crippen molar-refractivity contribution in [2.24, 2.45) is 0 Å². The third-order valence-corrected chi connectivity index (χ3v) is 3.06. The Balaban J connectivity index is 2.15. The molecule has 4 atom stereocenters. The number of nitrogen functional groups attached to an aromatic ring is 1. The molecule has 0 saturated carbocycles. The van der Waals surface area contributed by atoms with Gasteiger partial charge in [0.15, 0.2) is 6.23 Å². The van der Waals surface area contributed by atoms with Crippen LogP contribution in [0.1, 0.15) is 20.1 Å². The minimum absolute atomic E-state index is 0.0251. The zero-order chi connectivity index (χ0) is 14.9. The zero-order valence-electron chi connectivity index (χ0n) is 11.3. The smallest absolute Gasteiger partial charge is 0.351 e. The molecule has 0 amide bonds. The molecular formula is C12H19N3O5. The van der Waals surface area contributed by atoms with Gasteiger partial charge in [-0.25, -0.2) is 4.79 Å². The van der Waals surface area contributed by atoms with E-state index in [9.17, 15) is 15.0 Å². The van der Waals surface area contributed by atoms with Crippen LogP contribution in [0.25, 0.3) is 0 Å². The highest BCUT2D eigenvalue weighted by molar-refractivity contribution is 5.23. The number of rotatable bonds is 4. The monoisotopic (exact) mass is 285 g/mol. The van der Waals surface area contributed by atoms with Crippen LogP contribution in [-0.4, -0.2) is 50.8 Å². The molecule has 0 aliphatic carbocycles. The fraction of sp³-hybridized carbons (Fsp3) is 0.667. The fourth-order valence-electron chi connectivity index (χ4n) is 2.00. The van der Waals surface area contributed by atoms with E-state index in [1.54, 1.807) is 0 Å². The quantitative estimate of drug-likeness (QED) is 0.640. The molecule has 1 aliphatic rings. The Labute approximate surface area is 115 Å². The van der Waals surface area contributed by atoms with Crippen LogP contribution in [0.15, 0.2) is 17.1 Å². The van der Waals surface area contributed by atoms with Crippen LogP contribution >= 0.6 is 0 Å². The van der Waals surface area contributed by atoms with E-state index < -0.39 is 30.2 Å². The van der Waals surface area contributed by atoms with Crippen molar-refractivity contribution in [1.29, 1.82) is 0 Å². The molecule has 0 bridgehead atoms. The SMILES string of the molecule is CC(C)OC[C@H]1O[C@@H](n2ccc(N)nc2=O)[C@H](O)[C@@H]1O. The molecule has 0 unspecified atom stereocenters. The summed E-state index contributed by atoms with van der Waals surface area (Å²) in [6, 6.07) is 1.42. The first kappa shape index (κ1) is 14.9. The van der Waals surface area contributed by atoms with E-state index in [0.717, 1.165) is 4.57 Å². The highest BCUT2D eigenvalue weighted by Gasteiger charge is 2.44. The molecule has 0 aromatic carbocycles. The van der Waals surface area contributed by atoms with Crippen LogP contribution in [-0.2, 0) is 9.47 Å². The summed E-state index contributed by atoms with van der Waals surface area (Å²) in [7, 11) is 0. The summed E-state index contributed by atoms with van der Waals surface area (Å²) in [5.74, 6) is 0.0824. The second-order valence-corrected chi connectivity index (χ2v) is 4.97. The maximum atomic E-state index is 11.7. The van der Waals surface area contributed by atoms with Gasteiger partial charge in [-0.2, -0.15) is 4.98 Å². The third kappa shape index (κ3) is 2.98. The molecule has 20 heavy (non-hydrogen) atoms. The van der Waals surface area contributed by atoms with Gasteiger partial charge in [0, 0.05) is 6.20 Å². The van der Waals surface area contributed by atoms with Crippen molar-refractivity contribution in [2.45, 2.75) is 44.5 Å². The Kier molecular flexibility index (Phi) is 4.39. The summed E-state index contributed by atoms with van der Waals surface area (Å²) < 4.78 is 12.0. The van der Waals surface area contributed by atoms with Gasteiger partial charge in [0.1, 0.15) is 24.1 Å². The fourth-order valence-corrected chi connectivity index (χ4v) is 2.00. The van der Waals surface area contributed by atoms with E-state index in [4.69, 9.17) is 15.2 Å². The van der Waals surface area contributed by atoms with Crippen LogP contribution < -0.4 is 11.4 Å². The van der Waals surface area contributed by atoms with Gasteiger partial charge in [-0.1, -0.05) is 0 Å². The number of aliphatic hydroxyl groups is 2. The number of nitrogens with zero attached hydrogens (tertiary/aromatic N) is 2. The van der Waals surface area contributed by atoms with Crippen molar-refractivity contribution in [3.8, 4) is 0 Å². The van der Waals surface area contributed by atoms with Crippen molar-refractivity contribution in [3.63, 3.8) is 0 Å². The molecular weight excluding hydrogens is 266 g/mol. The largest absolute Gasteiger partial charge is 0.387 e. The van der Waals surface area contributed by atoms with Gasteiger partial charge in [0.25, 0.3) is 0 Å². The van der Waals surface area contributed by atoms with Gasteiger partial charge >= 0.3 is 5.69 Å². The lowest BCUT2D eigenvalue weighted by Gasteiger charge is -2.17. The average molecular weight is 285 g/mol. The van der Waals surface area contributed by atoms with Crippen molar-refractivity contribution in [1.82, 2.24) is 9.55 Å². The summed E-state index contributed by atoms with van der Waals surface area (Å²) in [5.41, 5.74) is 4.75. The number of ether oxygens (including phenoxy) is 2. The molecule has 1 fully saturated rings. The normalized spacial score (nSPS) is 30.1.